The number of rotatable bonds is 5. The van der Waals surface area contributed by atoms with E-state index in [4.69, 9.17) is 4.74 Å². The lowest BCUT2D eigenvalue weighted by molar-refractivity contribution is 0.285. The third kappa shape index (κ3) is 3.11. The number of ether oxygens (including phenoxy) is 1. The zero-order valence-corrected chi connectivity index (χ0v) is 15.9. The van der Waals surface area contributed by atoms with Crippen molar-refractivity contribution in [1.82, 2.24) is 24.3 Å². The van der Waals surface area contributed by atoms with Crippen LogP contribution in [0.25, 0.3) is 16.8 Å². The zero-order chi connectivity index (χ0) is 19.1. The van der Waals surface area contributed by atoms with Gasteiger partial charge in [-0.25, -0.2) is 9.97 Å². The fourth-order valence-corrected chi connectivity index (χ4v) is 3.58. The summed E-state index contributed by atoms with van der Waals surface area (Å²) < 4.78 is 8.17. The van der Waals surface area contributed by atoms with E-state index >= 15 is 0 Å². The molecule has 0 saturated heterocycles. The van der Waals surface area contributed by atoms with Crippen LogP contribution in [0, 0.1) is 19.8 Å². The van der Waals surface area contributed by atoms with E-state index in [-0.39, 0.29) is 0 Å². The maximum absolute atomic E-state index is 6.18. The first-order valence-electron chi connectivity index (χ1n) is 9.50. The number of pyridine rings is 2. The molecule has 0 N–H and O–H groups in total. The molecule has 0 aromatic carbocycles. The molecule has 1 fully saturated rings. The number of fused-ring (bicyclic) bond motifs is 1. The standard InChI is InChI=1S/C22H21N5O/c1-14-5-6-20(25-11-14)18-10-16(18)13-28-22-19(12-24-15(2)26-22)17-4-3-8-27-9-7-23-21(17)27/h3-9,11-12,16,18H,10,13H2,1-2H3. The molecule has 28 heavy (non-hydrogen) atoms. The number of nitrogens with zero attached hydrogens (tertiary/aromatic N) is 5. The number of hydrogen-bond donors (Lipinski definition) is 0. The summed E-state index contributed by atoms with van der Waals surface area (Å²) in [6, 6.07) is 8.27. The lowest BCUT2D eigenvalue weighted by Gasteiger charge is -2.11. The number of hydrogen-bond acceptors (Lipinski definition) is 5. The predicted octanol–water partition coefficient (Wildman–Crippen LogP) is 3.99. The van der Waals surface area contributed by atoms with Crippen molar-refractivity contribution in [3.05, 3.63) is 72.3 Å². The maximum Gasteiger partial charge on any atom is 0.224 e. The molecule has 0 aliphatic heterocycles. The topological polar surface area (TPSA) is 65.2 Å². The summed E-state index contributed by atoms with van der Waals surface area (Å²) in [4.78, 5) is 18.0. The third-order valence-corrected chi connectivity index (χ3v) is 5.25. The van der Waals surface area contributed by atoms with Gasteiger partial charge in [0.25, 0.3) is 0 Å². The van der Waals surface area contributed by atoms with Gasteiger partial charge < -0.3 is 9.14 Å². The molecule has 1 saturated carbocycles. The zero-order valence-electron chi connectivity index (χ0n) is 15.9. The van der Waals surface area contributed by atoms with Crippen molar-refractivity contribution in [2.45, 2.75) is 26.2 Å². The van der Waals surface area contributed by atoms with E-state index in [1.54, 1.807) is 6.20 Å². The smallest absolute Gasteiger partial charge is 0.224 e. The molecule has 2 unspecified atom stereocenters. The molecule has 5 rings (SSSR count). The summed E-state index contributed by atoms with van der Waals surface area (Å²) >= 11 is 0. The van der Waals surface area contributed by atoms with Crippen molar-refractivity contribution in [1.29, 1.82) is 0 Å². The lowest BCUT2D eigenvalue weighted by Crippen LogP contribution is -2.06. The summed E-state index contributed by atoms with van der Waals surface area (Å²) in [5, 5.41) is 0. The molecule has 140 valence electrons. The van der Waals surface area contributed by atoms with Crippen LogP contribution in [-0.2, 0) is 0 Å². The minimum Gasteiger partial charge on any atom is -0.477 e. The van der Waals surface area contributed by atoms with E-state index in [1.165, 1.54) is 5.56 Å². The monoisotopic (exact) mass is 371 g/mol. The molecule has 4 aromatic heterocycles. The molecule has 1 aliphatic rings. The fraction of sp³-hybridized carbons (Fsp3) is 0.273. The highest BCUT2D eigenvalue weighted by Gasteiger charge is 2.40. The van der Waals surface area contributed by atoms with Gasteiger partial charge in [0.2, 0.25) is 5.88 Å². The first-order chi connectivity index (χ1) is 13.7. The average Bonchev–Trinajstić information content (AvgIpc) is 3.31. The van der Waals surface area contributed by atoms with Gasteiger partial charge in [0.05, 0.1) is 12.2 Å². The third-order valence-electron chi connectivity index (χ3n) is 5.25. The molecule has 4 heterocycles. The maximum atomic E-state index is 6.18. The second-order valence-electron chi connectivity index (χ2n) is 7.39. The molecular formula is C22H21N5O. The van der Waals surface area contributed by atoms with Crippen LogP contribution in [0.3, 0.4) is 0 Å². The molecule has 0 radical (unpaired) electrons. The van der Waals surface area contributed by atoms with Crippen LogP contribution in [0.4, 0.5) is 0 Å². The van der Waals surface area contributed by atoms with E-state index in [0.717, 1.165) is 28.9 Å². The molecule has 0 amide bonds. The van der Waals surface area contributed by atoms with Gasteiger partial charge in [-0.05, 0) is 44.0 Å². The highest BCUT2D eigenvalue weighted by molar-refractivity contribution is 5.79. The van der Waals surface area contributed by atoms with Crippen molar-refractivity contribution in [2.24, 2.45) is 5.92 Å². The fourth-order valence-electron chi connectivity index (χ4n) is 3.58. The van der Waals surface area contributed by atoms with Crippen LogP contribution in [-0.4, -0.2) is 30.9 Å². The molecular weight excluding hydrogens is 350 g/mol. The Hall–Kier alpha value is -3.28. The summed E-state index contributed by atoms with van der Waals surface area (Å²) in [6.45, 7) is 4.56. The van der Waals surface area contributed by atoms with Gasteiger partial charge >= 0.3 is 0 Å². The average molecular weight is 371 g/mol. The normalized spacial score (nSPS) is 18.4. The molecule has 1 aliphatic carbocycles. The Morgan fingerprint density at radius 1 is 1.04 bits per heavy atom. The van der Waals surface area contributed by atoms with Crippen molar-refractivity contribution >= 4 is 5.65 Å². The largest absolute Gasteiger partial charge is 0.477 e. The second-order valence-corrected chi connectivity index (χ2v) is 7.39. The molecule has 0 spiro atoms. The Morgan fingerprint density at radius 3 is 2.82 bits per heavy atom. The molecule has 4 aromatic rings. The Morgan fingerprint density at radius 2 is 1.96 bits per heavy atom. The first-order valence-corrected chi connectivity index (χ1v) is 9.50. The van der Waals surface area contributed by atoms with E-state index in [0.29, 0.717) is 30.1 Å². The van der Waals surface area contributed by atoms with Gasteiger partial charge in [-0.15, -0.1) is 0 Å². The minimum absolute atomic E-state index is 0.473. The summed E-state index contributed by atoms with van der Waals surface area (Å²) in [6.07, 6.45) is 10.6. The lowest BCUT2D eigenvalue weighted by atomic mass is 10.1. The van der Waals surface area contributed by atoms with Crippen LogP contribution >= 0.6 is 0 Å². The van der Waals surface area contributed by atoms with Crippen LogP contribution in [0.2, 0.25) is 0 Å². The van der Waals surface area contributed by atoms with Gasteiger partial charge in [0, 0.05) is 54.1 Å². The molecule has 2 atom stereocenters. The van der Waals surface area contributed by atoms with Crippen molar-refractivity contribution in [2.75, 3.05) is 6.61 Å². The van der Waals surface area contributed by atoms with Crippen molar-refractivity contribution in [3.63, 3.8) is 0 Å². The van der Waals surface area contributed by atoms with E-state index in [1.807, 2.05) is 48.2 Å². The second kappa shape index (κ2) is 6.71. The Balaban J connectivity index is 1.38. The summed E-state index contributed by atoms with van der Waals surface area (Å²) in [7, 11) is 0. The van der Waals surface area contributed by atoms with Gasteiger partial charge in [-0.1, -0.05) is 6.07 Å². The number of aromatic nitrogens is 5. The van der Waals surface area contributed by atoms with Crippen LogP contribution < -0.4 is 4.74 Å². The highest BCUT2D eigenvalue weighted by Crippen LogP contribution is 2.47. The first kappa shape index (κ1) is 16.9. The van der Waals surface area contributed by atoms with Gasteiger partial charge in [0.15, 0.2) is 0 Å². The predicted molar refractivity (Wildman–Crippen MR) is 106 cm³/mol. The summed E-state index contributed by atoms with van der Waals surface area (Å²) in [5.74, 6) is 2.26. The Kier molecular flexibility index (Phi) is 4.04. The highest BCUT2D eigenvalue weighted by atomic mass is 16.5. The van der Waals surface area contributed by atoms with E-state index in [2.05, 4.69) is 39.0 Å². The van der Waals surface area contributed by atoms with E-state index < -0.39 is 0 Å². The quantitative estimate of drug-likeness (QED) is 0.531. The van der Waals surface area contributed by atoms with Gasteiger partial charge in [-0.2, -0.15) is 4.98 Å². The van der Waals surface area contributed by atoms with Crippen LogP contribution in [0.5, 0.6) is 5.88 Å². The van der Waals surface area contributed by atoms with Gasteiger partial charge in [0.1, 0.15) is 11.5 Å². The SMILES string of the molecule is Cc1ccc(C2CC2COc2nc(C)ncc2-c2cccn3ccnc23)nc1. The van der Waals surface area contributed by atoms with Crippen molar-refractivity contribution in [3.8, 4) is 17.0 Å². The molecule has 0 bridgehead atoms. The van der Waals surface area contributed by atoms with Crippen LogP contribution in [0.15, 0.2) is 55.2 Å². The number of aryl methyl sites for hydroxylation is 2. The summed E-state index contributed by atoms with van der Waals surface area (Å²) in [5.41, 5.74) is 5.04. The molecule has 6 nitrogen and oxygen atoms in total. The van der Waals surface area contributed by atoms with Crippen LogP contribution in [0.1, 0.15) is 29.4 Å². The number of imidazole rings is 1. The Bertz CT molecular complexity index is 1140. The van der Waals surface area contributed by atoms with Gasteiger partial charge in [-0.3, -0.25) is 4.98 Å². The van der Waals surface area contributed by atoms with Crippen molar-refractivity contribution < 1.29 is 4.74 Å². The van der Waals surface area contributed by atoms with E-state index in [9.17, 15) is 0 Å². The Labute approximate surface area is 163 Å². The molecule has 6 heteroatoms. The minimum atomic E-state index is 0.473.